The predicted molar refractivity (Wildman–Crippen MR) is 55.8 cm³/mol. The van der Waals surface area contributed by atoms with E-state index >= 15 is 0 Å². The monoisotopic (exact) mass is 185 g/mol. The van der Waals surface area contributed by atoms with Crippen LogP contribution in [-0.2, 0) is 0 Å². The van der Waals surface area contributed by atoms with Crippen LogP contribution >= 0.6 is 0 Å². The molecule has 1 aliphatic rings. The predicted octanol–water partition coefficient (Wildman–Crippen LogP) is 2.02. The highest BCUT2D eigenvalue weighted by atomic mass is 16.2. The third-order valence-electron chi connectivity index (χ3n) is 3.10. The fraction of sp³-hybridized carbons (Fsp3) is 1.00. The summed E-state index contributed by atoms with van der Waals surface area (Å²) >= 11 is 0. The van der Waals surface area contributed by atoms with Crippen molar-refractivity contribution in [1.82, 2.24) is 4.90 Å². The largest absolute Gasteiger partial charge is 0.396 e. The molecular weight excluding hydrogens is 162 g/mol. The minimum Gasteiger partial charge on any atom is -0.396 e. The summed E-state index contributed by atoms with van der Waals surface area (Å²) in [6, 6.07) is 0.851. The number of unbranched alkanes of at least 4 members (excludes halogenated alkanes) is 1. The zero-order valence-corrected chi connectivity index (χ0v) is 8.84. The van der Waals surface area contributed by atoms with Crippen LogP contribution in [-0.4, -0.2) is 35.7 Å². The van der Waals surface area contributed by atoms with Crippen LogP contribution in [0.5, 0.6) is 0 Å². The van der Waals surface area contributed by atoms with E-state index < -0.39 is 0 Å². The molecular formula is C11H23NO. The summed E-state index contributed by atoms with van der Waals surface area (Å²) in [5.74, 6) is 0. The molecule has 0 radical (unpaired) electrons. The van der Waals surface area contributed by atoms with Crippen LogP contribution < -0.4 is 0 Å². The maximum absolute atomic E-state index is 8.70. The lowest BCUT2D eigenvalue weighted by molar-refractivity contribution is 0.195. The van der Waals surface area contributed by atoms with Crippen molar-refractivity contribution in [2.45, 2.75) is 51.5 Å². The highest BCUT2D eigenvalue weighted by Gasteiger charge is 2.20. The standard InChI is InChI=1S/C11H23NO/c1-2-12(9-5-6-10-13)11-7-3-4-8-11/h11,13H,2-10H2,1H3. The average molecular weight is 185 g/mol. The summed E-state index contributed by atoms with van der Waals surface area (Å²) in [4.78, 5) is 2.59. The Morgan fingerprint density at radius 2 is 1.92 bits per heavy atom. The topological polar surface area (TPSA) is 23.5 Å². The first-order valence-corrected chi connectivity index (χ1v) is 5.73. The molecule has 1 saturated carbocycles. The minimum atomic E-state index is 0.349. The Labute approximate surface area is 81.9 Å². The third kappa shape index (κ3) is 3.65. The third-order valence-corrected chi connectivity index (χ3v) is 3.10. The van der Waals surface area contributed by atoms with Crippen LogP contribution in [0, 0.1) is 0 Å². The minimum absolute atomic E-state index is 0.349. The lowest BCUT2D eigenvalue weighted by atomic mass is 10.2. The van der Waals surface area contributed by atoms with E-state index in [1.165, 1.54) is 38.8 Å². The molecule has 2 heteroatoms. The Bertz CT molecular complexity index is 121. The van der Waals surface area contributed by atoms with Gasteiger partial charge in [0, 0.05) is 12.6 Å². The number of aliphatic hydroxyl groups excluding tert-OH is 1. The van der Waals surface area contributed by atoms with Gasteiger partial charge in [0.2, 0.25) is 0 Å². The number of aliphatic hydroxyl groups is 1. The van der Waals surface area contributed by atoms with E-state index in [4.69, 9.17) is 5.11 Å². The lowest BCUT2D eigenvalue weighted by Crippen LogP contribution is -2.33. The van der Waals surface area contributed by atoms with Crippen molar-refractivity contribution in [3.8, 4) is 0 Å². The van der Waals surface area contributed by atoms with Gasteiger partial charge in [0.15, 0.2) is 0 Å². The van der Waals surface area contributed by atoms with Gasteiger partial charge >= 0.3 is 0 Å². The molecule has 0 heterocycles. The van der Waals surface area contributed by atoms with Gasteiger partial charge in [0.1, 0.15) is 0 Å². The van der Waals surface area contributed by atoms with Crippen molar-refractivity contribution in [2.75, 3.05) is 19.7 Å². The molecule has 0 spiro atoms. The summed E-state index contributed by atoms with van der Waals surface area (Å²) in [5.41, 5.74) is 0. The molecule has 0 bridgehead atoms. The summed E-state index contributed by atoms with van der Waals surface area (Å²) < 4.78 is 0. The Hall–Kier alpha value is -0.0800. The zero-order valence-electron chi connectivity index (χ0n) is 8.84. The number of hydrogen-bond donors (Lipinski definition) is 1. The second kappa shape index (κ2) is 6.39. The van der Waals surface area contributed by atoms with E-state index in [0.29, 0.717) is 6.61 Å². The molecule has 0 unspecified atom stereocenters. The maximum atomic E-state index is 8.70. The highest BCUT2D eigenvalue weighted by molar-refractivity contribution is 4.76. The molecule has 1 N–H and O–H groups in total. The van der Waals surface area contributed by atoms with E-state index in [1.54, 1.807) is 0 Å². The molecule has 0 saturated heterocycles. The van der Waals surface area contributed by atoms with Crippen LogP contribution in [0.2, 0.25) is 0 Å². The van der Waals surface area contributed by atoms with Crippen LogP contribution in [0.25, 0.3) is 0 Å². The molecule has 1 aliphatic carbocycles. The lowest BCUT2D eigenvalue weighted by Gasteiger charge is -2.27. The molecule has 13 heavy (non-hydrogen) atoms. The SMILES string of the molecule is CCN(CCCCO)C1CCCC1. The number of rotatable bonds is 6. The van der Waals surface area contributed by atoms with Crippen molar-refractivity contribution in [3.05, 3.63) is 0 Å². The number of nitrogens with zero attached hydrogens (tertiary/aromatic N) is 1. The Morgan fingerprint density at radius 3 is 2.46 bits per heavy atom. The van der Waals surface area contributed by atoms with E-state index in [-0.39, 0.29) is 0 Å². The normalized spacial score (nSPS) is 18.7. The molecule has 0 aromatic carbocycles. The van der Waals surface area contributed by atoms with Gasteiger partial charge in [-0.05, 0) is 38.8 Å². The summed E-state index contributed by atoms with van der Waals surface area (Å²) in [6.07, 6.45) is 7.74. The quantitative estimate of drug-likeness (QED) is 0.640. The summed E-state index contributed by atoms with van der Waals surface area (Å²) in [7, 11) is 0. The van der Waals surface area contributed by atoms with Crippen LogP contribution in [0.1, 0.15) is 45.4 Å². The molecule has 78 valence electrons. The van der Waals surface area contributed by atoms with Crippen molar-refractivity contribution in [3.63, 3.8) is 0 Å². The fourth-order valence-electron chi connectivity index (χ4n) is 2.29. The molecule has 0 atom stereocenters. The van der Waals surface area contributed by atoms with Gasteiger partial charge in [0.05, 0.1) is 0 Å². The zero-order chi connectivity index (χ0) is 9.52. The average Bonchev–Trinajstić information content (AvgIpc) is 2.65. The second-order valence-corrected chi connectivity index (χ2v) is 4.00. The number of hydrogen-bond acceptors (Lipinski definition) is 2. The van der Waals surface area contributed by atoms with E-state index in [1.807, 2.05) is 0 Å². The molecule has 1 fully saturated rings. The molecule has 1 rings (SSSR count). The van der Waals surface area contributed by atoms with Gasteiger partial charge in [-0.3, -0.25) is 0 Å². The fourth-order valence-corrected chi connectivity index (χ4v) is 2.29. The van der Waals surface area contributed by atoms with Crippen molar-refractivity contribution < 1.29 is 5.11 Å². The van der Waals surface area contributed by atoms with Crippen molar-refractivity contribution >= 4 is 0 Å². The van der Waals surface area contributed by atoms with Gasteiger partial charge in [-0.15, -0.1) is 0 Å². The van der Waals surface area contributed by atoms with Gasteiger partial charge < -0.3 is 10.0 Å². The molecule has 0 aromatic heterocycles. The molecule has 0 amide bonds. The molecule has 0 aromatic rings. The second-order valence-electron chi connectivity index (χ2n) is 4.00. The van der Waals surface area contributed by atoms with E-state index in [9.17, 15) is 0 Å². The Kier molecular flexibility index (Phi) is 5.40. The van der Waals surface area contributed by atoms with E-state index in [2.05, 4.69) is 11.8 Å². The van der Waals surface area contributed by atoms with Crippen LogP contribution in [0.3, 0.4) is 0 Å². The van der Waals surface area contributed by atoms with Gasteiger partial charge in [0.25, 0.3) is 0 Å². The maximum Gasteiger partial charge on any atom is 0.0431 e. The van der Waals surface area contributed by atoms with Gasteiger partial charge in [-0.25, -0.2) is 0 Å². The highest BCUT2D eigenvalue weighted by Crippen LogP contribution is 2.23. The Morgan fingerprint density at radius 1 is 1.23 bits per heavy atom. The smallest absolute Gasteiger partial charge is 0.0431 e. The van der Waals surface area contributed by atoms with Crippen molar-refractivity contribution in [2.24, 2.45) is 0 Å². The van der Waals surface area contributed by atoms with Crippen LogP contribution in [0.4, 0.5) is 0 Å². The van der Waals surface area contributed by atoms with Gasteiger partial charge in [-0.2, -0.15) is 0 Å². The van der Waals surface area contributed by atoms with Gasteiger partial charge in [-0.1, -0.05) is 19.8 Å². The van der Waals surface area contributed by atoms with E-state index in [0.717, 1.165) is 18.9 Å². The summed E-state index contributed by atoms with van der Waals surface area (Å²) in [6.45, 7) is 4.96. The first-order valence-electron chi connectivity index (χ1n) is 5.73. The first kappa shape index (κ1) is 11.0. The molecule has 0 aliphatic heterocycles. The first-order chi connectivity index (χ1) is 6.38. The summed E-state index contributed by atoms with van der Waals surface area (Å²) in [5, 5.41) is 8.70. The van der Waals surface area contributed by atoms with Crippen LogP contribution in [0.15, 0.2) is 0 Å². The molecule has 2 nitrogen and oxygen atoms in total. The Balaban J connectivity index is 2.16. The van der Waals surface area contributed by atoms with Crippen molar-refractivity contribution in [1.29, 1.82) is 0 Å².